The second kappa shape index (κ2) is 4.83. The average molecular weight is 378 g/mol. The molecule has 0 fully saturated rings. The Morgan fingerprint density at radius 2 is 2.30 bits per heavy atom. The molecule has 5 nitrogen and oxygen atoms in total. The first-order valence-corrected chi connectivity index (χ1v) is 7.11. The molecule has 20 heavy (non-hydrogen) atoms. The smallest absolute Gasteiger partial charge is 0.244 e. The number of ether oxygens (including phenoxy) is 1. The third-order valence-electron chi connectivity index (χ3n) is 3.34. The summed E-state index contributed by atoms with van der Waals surface area (Å²) < 4.78 is 6.56. The van der Waals surface area contributed by atoms with Crippen LogP contribution in [0.25, 0.3) is 11.3 Å². The third-order valence-corrected chi connectivity index (χ3v) is 4.01. The summed E-state index contributed by atoms with van der Waals surface area (Å²) in [6.07, 6.45) is 0. The van der Waals surface area contributed by atoms with Crippen LogP contribution in [0.4, 0.5) is 0 Å². The number of nitrogens with two attached hydrogens (primary N) is 1. The molecular weight excluding hydrogens is 367 g/mol. The van der Waals surface area contributed by atoms with Crippen LogP contribution < -0.4 is 10.5 Å². The van der Waals surface area contributed by atoms with Crippen molar-refractivity contribution in [2.45, 2.75) is 12.8 Å². The molecule has 0 spiro atoms. The van der Waals surface area contributed by atoms with Gasteiger partial charge < -0.3 is 10.5 Å². The second-order valence-electron chi connectivity index (χ2n) is 4.54. The number of rotatable bonds is 1. The van der Waals surface area contributed by atoms with Gasteiger partial charge in [0.25, 0.3) is 0 Å². The van der Waals surface area contributed by atoms with Crippen LogP contribution in [-0.2, 0) is 0 Å². The summed E-state index contributed by atoms with van der Waals surface area (Å²) in [5.41, 5.74) is 8.94. The van der Waals surface area contributed by atoms with Gasteiger partial charge in [-0.15, -0.1) is 5.10 Å². The van der Waals surface area contributed by atoms with Crippen LogP contribution in [0.3, 0.4) is 0 Å². The zero-order valence-electron chi connectivity index (χ0n) is 10.6. The van der Waals surface area contributed by atoms with Crippen molar-refractivity contribution >= 4 is 22.6 Å². The maximum absolute atomic E-state index is 9.20. The van der Waals surface area contributed by atoms with Crippen molar-refractivity contribution < 1.29 is 4.74 Å². The normalized spacial score (nSPS) is 17.4. The maximum Gasteiger partial charge on any atom is 0.244 e. The average Bonchev–Trinajstić information content (AvgIpc) is 2.83. The van der Waals surface area contributed by atoms with E-state index in [4.69, 9.17) is 10.5 Å². The fraction of sp³-hybridized carbons (Fsp3) is 0.143. The lowest BCUT2D eigenvalue weighted by molar-refractivity contribution is 0.377. The molecule has 0 aliphatic carbocycles. The summed E-state index contributed by atoms with van der Waals surface area (Å²) >= 11 is 2.26. The minimum atomic E-state index is -0.143. The lowest BCUT2D eigenvalue weighted by atomic mass is 9.90. The number of benzene rings is 1. The molecule has 1 aliphatic rings. The maximum atomic E-state index is 9.20. The molecule has 0 bridgehead atoms. The number of nitrogens with zero attached hydrogens (tertiary/aromatic N) is 2. The molecular formula is C14H11IN4O. The molecule has 0 saturated carbocycles. The summed E-state index contributed by atoms with van der Waals surface area (Å²) in [4.78, 5) is 0. The van der Waals surface area contributed by atoms with E-state index in [1.165, 1.54) is 0 Å². The Morgan fingerprint density at radius 1 is 1.50 bits per heavy atom. The van der Waals surface area contributed by atoms with Crippen molar-refractivity contribution in [3.63, 3.8) is 0 Å². The number of H-pyrrole nitrogens is 1. The zero-order valence-corrected chi connectivity index (χ0v) is 12.8. The topological polar surface area (TPSA) is 87.7 Å². The Bertz CT molecular complexity index is 757. The largest absolute Gasteiger partial charge is 0.420 e. The number of halogens is 1. The summed E-state index contributed by atoms with van der Waals surface area (Å²) in [6, 6.07) is 10.2. The van der Waals surface area contributed by atoms with Crippen LogP contribution in [0.1, 0.15) is 18.4 Å². The zero-order chi connectivity index (χ0) is 14.3. The van der Waals surface area contributed by atoms with Gasteiger partial charge in [-0.1, -0.05) is 19.1 Å². The van der Waals surface area contributed by atoms with Crippen molar-refractivity contribution in [1.29, 1.82) is 5.26 Å². The van der Waals surface area contributed by atoms with E-state index in [1.807, 2.05) is 25.1 Å². The first kappa shape index (κ1) is 13.0. The van der Waals surface area contributed by atoms with Gasteiger partial charge in [-0.3, -0.25) is 5.10 Å². The van der Waals surface area contributed by atoms with E-state index in [-0.39, 0.29) is 11.8 Å². The molecule has 0 saturated heterocycles. The van der Waals surface area contributed by atoms with Crippen LogP contribution in [0.5, 0.6) is 5.88 Å². The highest BCUT2D eigenvalue weighted by Crippen LogP contribution is 2.41. The standard InChI is InChI=1S/C14H11IN4O/c1-7-10(6-16)13(17)20-14-11(7)12(18-19-14)8-3-2-4-9(15)5-8/h2-5,7H,17H2,1H3,(H,18,19). The lowest BCUT2D eigenvalue weighted by Gasteiger charge is -2.20. The van der Waals surface area contributed by atoms with Crippen molar-refractivity contribution in [3.05, 3.63) is 44.9 Å². The van der Waals surface area contributed by atoms with Crippen LogP contribution in [0, 0.1) is 14.9 Å². The molecule has 0 radical (unpaired) electrons. The number of hydrogen-bond donors (Lipinski definition) is 2. The molecule has 2 heterocycles. The predicted octanol–water partition coefficient (Wildman–Crippen LogP) is 2.87. The molecule has 100 valence electrons. The Hall–Kier alpha value is -2.01. The van der Waals surface area contributed by atoms with E-state index >= 15 is 0 Å². The van der Waals surface area contributed by atoms with Crippen molar-refractivity contribution in [2.75, 3.05) is 0 Å². The monoisotopic (exact) mass is 378 g/mol. The van der Waals surface area contributed by atoms with E-state index in [9.17, 15) is 5.26 Å². The second-order valence-corrected chi connectivity index (χ2v) is 5.79. The Labute approximate surface area is 129 Å². The number of fused-ring (bicyclic) bond motifs is 1. The number of allylic oxidation sites excluding steroid dienone is 1. The Kier molecular flexibility index (Phi) is 3.14. The molecule has 6 heteroatoms. The van der Waals surface area contributed by atoms with Gasteiger partial charge in [0.1, 0.15) is 6.07 Å². The molecule has 1 atom stereocenters. The predicted molar refractivity (Wildman–Crippen MR) is 82.6 cm³/mol. The fourth-order valence-corrected chi connectivity index (χ4v) is 2.89. The highest BCUT2D eigenvalue weighted by molar-refractivity contribution is 14.1. The number of nitriles is 1. The lowest BCUT2D eigenvalue weighted by Crippen LogP contribution is -2.18. The van der Waals surface area contributed by atoms with Gasteiger partial charge >= 0.3 is 0 Å². The van der Waals surface area contributed by atoms with Crippen LogP contribution in [0.15, 0.2) is 35.7 Å². The van der Waals surface area contributed by atoms with Gasteiger partial charge in [0.2, 0.25) is 11.8 Å². The van der Waals surface area contributed by atoms with E-state index in [0.717, 1.165) is 20.4 Å². The van der Waals surface area contributed by atoms with Crippen molar-refractivity contribution in [1.82, 2.24) is 10.2 Å². The highest BCUT2D eigenvalue weighted by Gasteiger charge is 2.31. The molecule has 3 N–H and O–H groups in total. The van der Waals surface area contributed by atoms with Gasteiger partial charge in [-0.05, 0) is 34.7 Å². The number of aromatic amines is 1. The first-order valence-electron chi connectivity index (χ1n) is 6.03. The molecule has 1 aliphatic heterocycles. The van der Waals surface area contributed by atoms with E-state index in [1.54, 1.807) is 0 Å². The summed E-state index contributed by atoms with van der Waals surface area (Å²) in [7, 11) is 0. The minimum Gasteiger partial charge on any atom is -0.420 e. The SMILES string of the molecule is CC1C(C#N)=C(N)Oc2n[nH]c(-c3cccc(I)c3)c21. The van der Waals surface area contributed by atoms with Gasteiger partial charge in [-0.25, -0.2) is 0 Å². The van der Waals surface area contributed by atoms with E-state index < -0.39 is 0 Å². The summed E-state index contributed by atoms with van der Waals surface area (Å²) in [5.74, 6) is 0.437. The highest BCUT2D eigenvalue weighted by atomic mass is 127. The third kappa shape index (κ3) is 1.94. The van der Waals surface area contributed by atoms with Crippen LogP contribution in [0.2, 0.25) is 0 Å². The molecule has 2 aromatic rings. The fourth-order valence-electron chi connectivity index (χ4n) is 2.35. The Balaban J connectivity index is 2.15. The number of aromatic nitrogens is 2. The van der Waals surface area contributed by atoms with Gasteiger partial charge in [0.05, 0.1) is 16.8 Å². The summed E-state index contributed by atoms with van der Waals surface area (Å²) in [6.45, 7) is 1.93. The molecule has 0 amide bonds. The minimum absolute atomic E-state index is 0.133. The van der Waals surface area contributed by atoms with Crippen molar-refractivity contribution in [2.24, 2.45) is 5.73 Å². The number of nitrogens with one attached hydrogen (secondary N) is 1. The van der Waals surface area contributed by atoms with Gasteiger partial charge in [0.15, 0.2) is 0 Å². The first-order chi connectivity index (χ1) is 9.61. The van der Waals surface area contributed by atoms with Crippen LogP contribution >= 0.6 is 22.6 Å². The Morgan fingerprint density at radius 3 is 3.00 bits per heavy atom. The van der Waals surface area contributed by atoms with Crippen molar-refractivity contribution in [3.8, 4) is 23.2 Å². The van der Waals surface area contributed by atoms with Gasteiger partial charge in [-0.2, -0.15) is 5.26 Å². The summed E-state index contributed by atoms with van der Waals surface area (Å²) in [5, 5.41) is 16.3. The number of hydrogen-bond acceptors (Lipinski definition) is 4. The molecule has 1 unspecified atom stereocenters. The van der Waals surface area contributed by atoms with E-state index in [0.29, 0.717) is 11.5 Å². The molecule has 1 aromatic heterocycles. The van der Waals surface area contributed by atoms with E-state index in [2.05, 4.69) is 44.9 Å². The quantitative estimate of drug-likeness (QED) is 0.747. The molecule has 3 rings (SSSR count). The molecule has 1 aromatic carbocycles. The van der Waals surface area contributed by atoms with Gasteiger partial charge in [0, 0.05) is 15.1 Å². The van der Waals surface area contributed by atoms with Crippen LogP contribution in [-0.4, -0.2) is 10.2 Å².